The van der Waals surface area contributed by atoms with Crippen LogP contribution in [0.25, 0.3) is 5.52 Å². The first kappa shape index (κ1) is 33.7. The molecule has 5 heteroatoms. The van der Waals surface area contributed by atoms with E-state index < -0.39 is 5.97 Å². The molecule has 0 saturated heterocycles. The molecule has 2 aromatic heterocycles. The Balaban J connectivity index is 1.27. The van der Waals surface area contributed by atoms with Crippen LogP contribution in [0.4, 0.5) is 0 Å². The zero-order valence-corrected chi connectivity index (χ0v) is 28.1. The Morgan fingerprint density at radius 3 is 1.91 bits per heavy atom. The molecule has 0 radical (unpaired) electrons. The molecule has 5 nitrogen and oxygen atoms in total. The van der Waals surface area contributed by atoms with Crippen molar-refractivity contribution in [2.45, 2.75) is 72.1 Å². The van der Waals surface area contributed by atoms with Crippen LogP contribution in [0.1, 0.15) is 96.7 Å². The van der Waals surface area contributed by atoms with E-state index in [2.05, 4.69) is 76.2 Å². The summed E-state index contributed by atoms with van der Waals surface area (Å²) in [7, 11) is 0. The van der Waals surface area contributed by atoms with E-state index in [1.807, 2.05) is 59.1 Å². The van der Waals surface area contributed by atoms with Crippen LogP contribution >= 0.6 is 0 Å². The minimum Gasteiger partial charge on any atom is -0.494 e. The first-order valence-corrected chi connectivity index (χ1v) is 16.9. The lowest BCUT2D eigenvalue weighted by Crippen LogP contribution is -2.08. The number of aromatic nitrogens is 1. The number of aliphatic carboxylic acids is 1. The molecule has 47 heavy (non-hydrogen) atoms. The summed E-state index contributed by atoms with van der Waals surface area (Å²) in [5, 5.41) is 9.05. The zero-order valence-electron chi connectivity index (χ0n) is 28.1. The average Bonchev–Trinajstić information content (AvgIpc) is 3.42. The number of pyridine rings is 1. The topological polar surface area (TPSA) is 68.0 Å². The second-order valence-electron chi connectivity index (χ2n) is 13.5. The second-order valence-corrected chi connectivity index (χ2v) is 13.5. The van der Waals surface area contributed by atoms with Crippen molar-refractivity contribution in [1.29, 1.82) is 0 Å². The monoisotopic (exact) mass is 629 g/mol. The Kier molecular flexibility index (Phi) is 11.3. The fraction of sp³-hybridized carbons (Fsp3) is 0.333. The molecule has 3 aromatic carbocycles. The van der Waals surface area contributed by atoms with Crippen LogP contribution in [0.3, 0.4) is 0 Å². The fourth-order valence-electron chi connectivity index (χ4n) is 6.41. The highest BCUT2D eigenvalue weighted by Gasteiger charge is 2.18. The Hall–Kier alpha value is -4.64. The maximum absolute atomic E-state index is 13.6. The standard InChI is InChI=1S/C42H47NO4/c1-29(2)26-31-11-15-33(16-12-31)38(34-17-13-32(14-18-34)27-30(3)4)23-25-47-37-21-19-35(20-22-37)42(46)39-28-36(8-7-10-41(44)45)43-24-6-5-9-40(39)43/h5-6,9,11-22,24,28-30,38H,7-8,10,23,25-27H2,1-4H3,(H,44,45). The van der Waals surface area contributed by atoms with Gasteiger partial charge in [0, 0.05) is 35.4 Å². The maximum Gasteiger partial charge on any atom is 0.303 e. The van der Waals surface area contributed by atoms with Gasteiger partial charge in [0.1, 0.15) is 5.75 Å². The maximum atomic E-state index is 13.6. The van der Waals surface area contributed by atoms with Gasteiger partial charge in [0.2, 0.25) is 0 Å². The van der Waals surface area contributed by atoms with E-state index in [1.54, 1.807) is 0 Å². The second kappa shape index (κ2) is 15.8. The molecule has 0 atom stereocenters. The number of carbonyl (C=O) groups excluding carboxylic acids is 1. The van der Waals surface area contributed by atoms with Crippen molar-refractivity contribution >= 4 is 17.3 Å². The summed E-state index contributed by atoms with van der Waals surface area (Å²) >= 11 is 0. The van der Waals surface area contributed by atoms with Crippen molar-refractivity contribution < 1.29 is 19.4 Å². The van der Waals surface area contributed by atoms with Gasteiger partial charge in [0.05, 0.1) is 12.1 Å². The molecule has 2 heterocycles. The molecule has 0 bridgehead atoms. The van der Waals surface area contributed by atoms with Gasteiger partial charge < -0.3 is 14.2 Å². The number of ether oxygens (including phenoxy) is 1. The molecule has 5 rings (SSSR count). The van der Waals surface area contributed by atoms with Crippen LogP contribution in [0.15, 0.2) is 103 Å². The van der Waals surface area contributed by atoms with E-state index in [1.165, 1.54) is 22.3 Å². The van der Waals surface area contributed by atoms with Crippen LogP contribution in [-0.2, 0) is 24.1 Å². The van der Waals surface area contributed by atoms with Crippen molar-refractivity contribution in [3.8, 4) is 5.75 Å². The van der Waals surface area contributed by atoms with E-state index in [0.29, 0.717) is 42.4 Å². The SMILES string of the molecule is CC(C)Cc1ccc(C(CCOc2ccc(C(=O)c3cc(CCCC(=O)O)n4ccccc34)cc2)c2ccc(CC(C)C)cc2)cc1. The third kappa shape index (κ3) is 9.00. The fourth-order valence-corrected chi connectivity index (χ4v) is 6.41. The third-order valence-corrected chi connectivity index (χ3v) is 8.67. The summed E-state index contributed by atoms with van der Waals surface area (Å²) in [5.74, 6) is 1.31. The van der Waals surface area contributed by atoms with Crippen LogP contribution in [0, 0.1) is 11.8 Å². The highest BCUT2D eigenvalue weighted by molar-refractivity contribution is 6.13. The van der Waals surface area contributed by atoms with E-state index in [-0.39, 0.29) is 18.1 Å². The highest BCUT2D eigenvalue weighted by atomic mass is 16.5. The number of hydrogen-bond donors (Lipinski definition) is 1. The van der Waals surface area contributed by atoms with Gasteiger partial charge in [0.25, 0.3) is 0 Å². The van der Waals surface area contributed by atoms with Crippen molar-refractivity contribution in [2.24, 2.45) is 11.8 Å². The average molecular weight is 630 g/mol. The normalized spacial score (nSPS) is 11.6. The summed E-state index contributed by atoms with van der Waals surface area (Å²) in [5.41, 5.74) is 8.28. The largest absolute Gasteiger partial charge is 0.494 e. The number of aryl methyl sites for hydroxylation is 1. The third-order valence-electron chi connectivity index (χ3n) is 8.67. The lowest BCUT2D eigenvalue weighted by molar-refractivity contribution is -0.137. The van der Waals surface area contributed by atoms with Crippen LogP contribution in [0.2, 0.25) is 0 Å². The van der Waals surface area contributed by atoms with Crippen LogP contribution in [-0.4, -0.2) is 27.9 Å². The van der Waals surface area contributed by atoms with Gasteiger partial charge in [0.15, 0.2) is 5.78 Å². The molecule has 1 N–H and O–H groups in total. The summed E-state index contributed by atoms with van der Waals surface area (Å²) < 4.78 is 8.23. The molecule has 0 aliphatic rings. The molecule has 0 spiro atoms. The minimum absolute atomic E-state index is 0.0633. The summed E-state index contributed by atoms with van der Waals surface area (Å²) in [6.45, 7) is 9.55. The lowest BCUT2D eigenvalue weighted by Gasteiger charge is -2.20. The van der Waals surface area contributed by atoms with E-state index in [4.69, 9.17) is 9.84 Å². The number of ketones is 1. The Labute approximate surface area is 279 Å². The van der Waals surface area contributed by atoms with Gasteiger partial charge in [-0.1, -0.05) is 82.3 Å². The predicted octanol–water partition coefficient (Wildman–Crippen LogP) is 9.58. The smallest absolute Gasteiger partial charge is 0.303 e. The number of carboxylic acids is 1. The van der Waals surface area contributed by atoms with Crippen molar-refractivity contribution in [3.63, 3.8) is 0 Å². The number of carbonyl (C=O) groups is 2. The summed E-state index contributed by atoms with van der Waals surface area (Å²) in [6.07, 6.45) is 6.10. The molecule has 0 fully saturated rings. The molecular weight excluding hydrogens is 582 g/mol. The molecule has 0 unspecified atom stereocenters. The van der Waals surface area contributed by atoms with Crippen LogP contribution < -0.4 is 4.74 Å². The molecule has 5 aromatic rings. The lowest BCUT2D eigenvalue weighted by atomic mass is 9.87. The Morgan fingerprint density at radius 2 is 1.36 bits per heavy atom. The summed E-state index contributed by atoms with van der Waals surface area (Å²) in [6, 6.07) is 33.2. The number of rotatable bonds is 16. The molecular formula is C42H47NO4. The van der Waals surface area contributed by atoms with Gasteiger partial charge in [-0.2, -0.15) is 0 Å². The highest BCUT2D eigenvalue weighted by Crippen LogP contribution is 2.30. The molecule has 0 amide bonds. The molecule has 244 valence electrons. The first-order chi connectivity index (χ1) is 22.7. The Bertz CT molecular complexity index is 1710. The molecule has 0 aliphatic heterocycles. The number of hydrogen-bond acceptors (Lipinski definition) is 3. The summed E-state index contributed by atoms with van der Waals surface area (Å²) in [4.78, 5) is 24.6. The predicted molar refractivity (Wildman–Crippen MR) is 190 cm³/mol. The van der Waals surface area contributed by atoms with Crippen molar-refractivity contribution in [2.75, 3.05) is 6.61 Å². The molecule has 0 saturated carbocycles. The van der Waals surface area contributed by atoms with E-state index in [9.17, 15) is 9.59 Å². The van der Waals surface area contributed by atoms with Crippen molar-refractivity contribution in [3.05, 3.63) is 142 Å². The van der Waals surface area contributed by atoms with Gasteiger partial charge in [-0.05, 0) is 109 Å². The van der Waals surface area contributed by atoms with Gasteiger partial charge in [-0.15, -0.1) is 0 Å². The number of nitrogens with zero attached hydrogens (tertiary/aromatic N) is 1. The Morgan fingerprint density at radius 1 is 0.766 bits per heavy atom. The quantitative estimate of drug-likeness (QED) is 0.110. The van der Waals surface area contributed by atoms with E-state index >= 15 is 0 Å². The minimum atomic E-state index is -0.813. The van der Waals surface area contributed by atoms with E-state index in [0.717, 1.165) is 36.2 Å². The molecule has 0 aliphatic carbocycles. The number of fused-ring (bicyclic) bond motifs is 1. The van der Waals surface area contributed by atoms with Gasteiger partial charge in [-0.3, -0.25) is 9.59 Å². The van der Waals surface area contributed by atoms with Crippen molar-refractivity contribution in [1.82, 2.24) is 4.40 Å². The van der Waals surface area contributed by atoms with Gasteiger partial charge >= 0.3 is 5.97 Å². The first-order valence-electron chi connectivity index (χ1n) is 16.9. The number of benzene rings is 3. The van der Waals surface area contributed by atoms with Crippen LogP contribution in [0.5, 0.6) is 5.75 Å². The zero-order chi connectivity index (χ0) is 33.3. The van der Waals surface area contributed by atoms with Gasteiger partial charge in [-0.25, -0.2) is 0 Å². The number of carboxylic acid groups (broad SMARTS) is 1.